The van der Waals surface area contributed by atoms with E-state index in [-0.39, 0.29) is 0 Å². The minimum atomic E-state index is 0.518. The fourth-order valence-electron chi connectivity index (χ4n) is 1.67. The second kappa shape index (κ2) is 3.46. The van der Waals surface area contributed by atoms with E-state index in [0.29, 0.717) is 10.8 Å². The van der Waals surface area contributed by atoms with E-state index in [1.54, 1.807) is 6.20 Å². The maximum absolute atomic E-state index is 5.99. The first-order valence-corrected chi connectivity index (χ1v) is 4.93. The number of aromatic nitrogens is 1. The predicted octanol–water partition coefficient (Wildman–Crippen LogP) is 3.03. The first-order chi connectivity index (χ1) is 6.74. The van der Waals surface area contributed by atoms with Crippen LogP contribution >= 0.6 is 11.6 Å². The average Bonchev–Trinajstić information content (AvgIpc) is 2.23. The molecule has 2 nitrogen and oxygen atoms in total. The number of hydrogen-bond donors (Lipinski definition) is 1. The summed E-state index contributed by atoms with van der Waals surface area (Å²) in [5.74, 6) is 0. The number of pyridine rings is 1. The average molecular weight is 207 g/mol. The molecule has 72 valence electrons. The summed E-state index contributed by atoms with van der Waals surface area (Å²) in [5.41, 5.74) is 7.79. The number of nitrogens with zero attached hydrogens (tertiary/aromatic N) is 1. The van der Waals surface area contributed by atoms with Crippen LogP contribution < -0.4 is 5.73 Å². The Bertz CT molecular complexity index is 480. The van der Waals surface area contributed by atoms with Crippen LogP contribution in [0.3, 0.4) is 0 Å². The Balaban J connectivity index is 2.92. The van der Waals surface area contributed by atoms with E-state index in [1.165, 1.54) is 5.56 Å². The van der Waals surface area contributed by atoms with Crippen molar-refractivity contribution in [3.05, 3.63) is 35.1 Å². The highest BCUT2D eigenvalue weighted by Crippen LogP contribution is 2.29. The molecule has 2 aromatic rings. The number of anilines is 1. The third-order valence-corrected chi connectivity index (χ3v) is 2.66. The van der Waals surface area contributed by atoms with Crippen molar-refractivity contribution >= 4 is 28.1 Å². The molecule has 0 atom stereocenters. The molecule has 0 aliphatic heterocycles. The van der Waals surface area contributed by atoms with E-state index in [1.807, 2.05) is 12.1 Å². The lowest BCUT2D eigenvalue weighted by Crippen LogP contribution is -1.93. The molecule has 2 rings (SSSR count). The van der Waals surface area contributed by atoms with E-state index in [9.17, 15) is 0 Å². The van der Waals surface area contributed by atoms with Gasteiger partial charge in [-0.25, -0.2) is 4.98 Å². The minimum absolute atomic E-state index is 0.518. The summed E-state index contributed by atoms with van der Waals surface area (Å²) in [6, 6.07) is 5.99. The summed E-state index contributed by atoms with van der Waals surface area (Å²) >= 11 is 5.99. The molecular formula is C11H11ClN2. The van der Waals surface area contributed by atoms with Gasteiger partial charge in [0.25, 0.3) is 0 Å². The van der Waals surface area contributed by atoms with Gasteiger partial charge in [0.1, 0.15) is 5.15 Å². The van der Waals surface area contributed by atoms with Gasteiger partial charge in [-0.15, -0.1) is 0 Å². The van der Waals surface area contributed by atoms with Crippen LogP contribution in [0.25, 0.3) is 10.8 Å². The number of halogens is 1. The molecular weight excluding hydrogens is 196 g/mol. The van der Waals surface area contributed by atoms with Crippen LogP contribution in [0.15, 0.2) is 24.4 Å². The molecule has 0 saturated carbocycles. The summed E-state index contributed by atoms with van der Waals surface area (Å²) in [6.07, 6.45) is 2.56. The van der Waals surface area contributed by atoms with Crippen LogP contribution in [-0.2, 0) is 6.42 Å². The van der Waals surface area contributed by atoms with Crippen molar-refractivity contribution in [2.75, 3.05) is 5.73 Å². The molecule has 0 amide bonds. The third-order valence-electron chi connectivity index (χ3n) is 2.36. The van der Waals surface area contributed by atoms with Gasteiger partial charge in [-0.2, -0.15) is 0 Å². The van der Waals surface area contributed by atoms with Gasteiger partial charge in [0, 0.05) is 10.8 Å². The molecule has 0 fully saturated rings. The van der Waals surface area contributed by atoms with Gasteiger partial charge in [0.05, 0.1) is 11.9 Å². The standard InChI is InChI=1S/C11H11ClN2/c1-2-7-4-3-5-8-10(7)9(13)6-14-11(8)12/h3-6H,2,13H2,1H3. The molecule has 14 heavy (non-hydrogen) atoms. The summed E-state index contributed by atoms with van der Waals surface area (Å²) in [7, 11) is 0. The van der Waals surface area contributed by atoms with Gasteiger partial charge in [-0.05, 0) is 12.0 Å². The maximum Gasteiger partial charge on any atom is 0.136 e. The van der Waals surface area contributed by atoms with Crippen LogP contribution in [0, 0.1) is 0 Å². The molecule has 1 aromatic carbocycles. The van der Waals surface area contributed by atoms with Gasteiger partial charge >= 0.3 is 0 Å². The number of nitrogen functional groups attached to an aromatic ring is 1. The molecule has 3 heteroatoms. The van der Waals surface area contributed by atoms with Crippen LogP contribution in [0.1, 0.15) is 12.5 Å². The number of benzene rings is 1. The first-order valence-electron chi connectivity index (χ1n) is 4.55. The predicted molar refractivity (Wildman–Crippen MR) is 60.5 cm³/mol. The maximum atomic E-state index is 5.99. The van der Waals surface area contributed by atoms with Gasteiger partial charge < -0.3 is 5.73 Å². The Labute approximate surface area is 87.7 Å². The number of rotatable bonds is 1. The van der Waals surface area contributed by atoms with Gasteiger partial charge in [-0.3, -0.25) is 0 Å². The number of nitrogens with two attached hydrogens (primary N) is 1. The van der Waals surface area contributed by atoms with Crippen molar-refractivity contribution < 1.29 is 0 Å². The van der Waals surface area contributed by atoms with Gasteiger partial charge in [-0.1, -0.05) is 36.7 Å². The molecule has 1 heterocycles. The van der Waals surface area contributed by atoms with Crippen molar-refractivity contribution in [1.29, 1.82) is 0 Å². The molecule has 0 aliphatic rings. The molecule has 0 spiro atoms. The Morgan fingerprint density at radius 3 is 2.93 bits per heavy atom. The molecule has 0 unspecified atom stereocenters. The fourth-order valence-corrected chi connectivity index (χ4v) is 1.87. The summed E-state index contributed by atoms with van der Waals surface area (Å²) in [6.45, 7) is 2.10. The monoisotopic (exact) mass is 206 g/mol. The topological polar surface area (TPSA) is 38.9 Å². The van der Waals surface area contributed by atoms with E-state index in [2.05, 4.69) is 18.0 Å². The lowest BCUT2D eigenvalue weighted by atomic mass is 10.0. The van der Waals surface area contributed by atoms with E-state index < -0.39 is 0 Å². The van der Waals surface area contributed by atoms with Gasteiger partial charge in [0.15, 0.2) is 0 Å². The molecule has 0 aliphatic carbocycles. The zero-order chi connectivity index (χ0) is 10.1. The van der Waals surface area contributed by atoms with Crippen molar-refractivity contribution in [2.24, 2.45) is 0 Å². The van der Waals surface area contributed by atoms with Crippen LogP contribution in [0.4, 0.5) is 5.69 Å². The normalized spacial score (nSPS) is 10.7. The summed E-state index contributed by atoms with van der Waals surface area (Å²) < 4.78 is 0. The number of hydrogen-bond acceptors (Lipinski definition) is 2. The third kappa shape index (κ3) is 1.32. The van der Waals surface area contributed by atoms with E-state index in [4.69, 9.17) is 17.3 Å². The van der Waals surface area contributed by atoms with Crippen LogP contribution in [-0.4, -0.2) is 4.98 Å². The van der Waals surface area contributed by atoms with Crippen molar-refractivity contribution in [3.8, 4) is 0 Å². The highest BCUT2D eigenvalue weighted by atomic mass is 35.5. The summed E-state index contributed by atoms with van der Waals surface area (Å²) in [5, 5.41) is 2.49. The molecule has 1 aromatic heterocycles. The van der Waals surface area contributed by atoms with E-state index >= 15 is 0 Å². The van der Waals surface area contributed by atoms with Crippen molar-refractivity contribution in [3.63, 3.8) is 0 Å². The van der Waals surface area contributed by atoms with Gasteiger partial charge in [0.2, 0.25) is 0 Å². The zero-order valence-electron chi connectivity index (χ0n) is 7.92. The van der Waals surface area contributed by atoms with Crippen molar-refractivity contribution in [2.45, 2.75) is 13.3 Å². The lowest BCUT2D eigenvalue weighted by molar-refractivity contribution is 1.16. The Morgan fingerprint density at radius 1 is 1.43 bits per heavy atom. The largest absolute Gasteiger partial charge is 0.397 e. The minimum Gasteiger partial charge on any atom is -0.397 e. The Hall–Kier alpha value is -1.28. The fraction of sp³-hybridized carbons (Fsp3) is 0.182. The molecule has 2 N–H and O–H groups in total. The second-order valence-corrected chi connectivity index (χ2v) is 3.56. The zero-order valence-corrected chi connectivity index (χ0v) is 8.67. The first kappa shape index (κ1) is 9.28. The number of aryl methyl sites for hydroxylation is 1. The highest BCUT2D eigenvalue weighted by Gasteiger charge is 2.06. The second-order valence-electron chi connectivity index (χ2n) is 3.20. The molecule has 0 saturated heterocycles. The Kier molecular flexibility index (Phi) is 2.30. The van der Waals surface area contributed by atoms with Crippen molar-refractivity contribution in [1.82, 2.24) is 4.98 Å². The van der Waals surface area contributed by atoms with Crippen LogP contribution in [0.2, 0.25) is 5.15 Å². The quantitative estimate of drug-likeness (QED) is 0.729. The Morgan fingerprint density at radius 2 is 2.21 bits per heavy atom. The van der Waals surface area contributed by atoms with Crippen LogP contribution in [0.5, 0.6) is 0 Å². The SMILES string of the molecule is CCc1cccc2c(Cl)ncc(N)c12. The highest BCUT2D eigenvalue weighted by molar-refractivity contribution is 6.34. The smallest absolute Gasteiger partial charge is 0.136 e. The summed E-state index contributed by atoms with van der Waals surface area (Å²) in [4.78, 5) is 4.02. The molecule has 0 radical (unpaired) electrons. The lowest BCUT2D eigenvalue weighted by Gasteiger charge is -2.07. The van der Waals surface area contributed by atoms with E-state index in [0.717, 1.165) is 17.2 Å². The molecule has 0 bridgehead atoms. The number of fused-ring (bicyclic) bond motifs is 1.